The van der Waals surface area contributed by atoms with E-state index in [0.717, 1.165) is 60.9 Å². The molecule has 0 fully saturated rings. The Balaban J connectivity index is 2.17. The summed E-state index contributed by atoms with van der Waals surface area (Å²) in [6.07, 6.45) is 3.58. The summed E-state index contributed by atoms with van der Waals surface area (Å²) in [6, 6.07) is 0. The van der Waals surface area contributed by atoms with Crippen molar-refractivity contribution in [2.75, 3.05) is 6.54 Å². The SMILES string of the molecule is CCNC(=NCc1c(CC)nn(C)c1CC)NCc1c(CC)noc1CC. The smallest absolute Gasteiger partial charge is 0.191 e. The van der Waals surface area contributed by atoms with E-state index in [0.29, 0.717) is 13.1 Å². The normalized spacial score (nSPS) is 11.9. The standard InChI is InChI=1S/C20H34N6O/c1-7-16-14(18(9-3)26(6)24-16)12-22-20(21-11-5)23-13-15-17(8-2)25-27-19(15)10-4/h7-13H2,1-6H3,(H2,21,22,23). The Labute approximate surface area is 162 Å². The lowest BCUT2D eigenvalue weighted by molar-refractivity contribution is 0.380. The maximum absolute atomic E-state index is 5.46. The molecule has 0 radical (unpaired) electrons. The van der Waals surface area contributed by atoms with Crippen LogP contribution in [0.1, 0.15) is 68.6 Å². The second kappa shape index (κ2) is 10.1. The molecule has 27 heavy (non-hydrogen) atoms. The molecule has 2 aromatic heterocycles. The minimum atomic E-state index is 0.625. The van der Waals surface area contributed by atoms with Crippen molar-refractivity contribution in [1.29, 1.82) is 0 Å². The molecule has 150 valence electrons. The van der Waals surface area contributed by atoms with Gasteiger partial charge in [-0.2, -0.15) is 5.10 Å². The first-order valence-corrected chi connectivity index (χ1v) is 10.1. The van der Waals surface area contributed by atoms with Crippen LogP contribution in [-0.4, -0.2) is 27.4 Å². The fourth-order valence-electron chi connectivity index (χ4n) is 3.38. The average Bonchev–Trinajstić information content (AvgIpc) is 3.22. The van der Waals surface area contributed by atoms with Crippen molar-refractivity contribution in [3.8, 4) is 0 Å². The van der Waals surface area contributed by atoms with Crippen LogP contribution in [0.4, 0.5) is 0 Å². The molecule has 0 aliphatic heterocycles. The molecule has 0 aromatic carbocycles. The summed E-state index contributed by atoms with van der Waals surface area (Å²) in [5.74, 6) is 1.75. The van der Waals surface area contributed by atoms with Crippen LogP contribution < -0.4 is 10.6 Å². The van der Waals surface area contributed by atoms with Crippen LogP contribution in [0.25, 0.3) is 0 Å². The van der Waals surface area contributed by atoms with Crippen molar-refractivity contribution in [3.05, 3.63) is 34.0 Å². The third kappa shape index (κ3) is 4.90. The Morgan fingerprint density at radius 3 is 2.30 bits per heavy atom. The van der Waals surface area contributed by atoms with Gasteiger partial charge in [0.1, 0.15) is 5.76 Å². The molecule has 0 aliphatic carbocycles. The van der Waals surface area contributed by atoms with E-state index in [9.17, 15) is 0 Å². The van der Waals surface area contributed by atoms with E-state index in [-0.39, 0.29) is 0 Å². The molecule has 7 heteroatoms. The van der Waals surface area contributed by atoms with Gasteiger partial charge in [0.2, 0.25) is 0 Å². The number of aliphatic imine (C=N–C) groups is 1. The monoisotopic (exact) mass is 374 g/mol. The molecular formula is C20H34N6O. The quantitative estimate of drug-likeness (QED) is 0.521. The lowest BCUT2D eigenvalue weighted by Crippen LogP contribution is -2.37. The molecule has 2 heterocycles. The molecule has 0 amide bonds. The summed E-state index contributed by atoms with van der Waals surface area (Å²) < 4.78 is 7.45. The maximum atomic E-state index is 5.46. The van der Waals surface area contributed by atoms with Gasteiger partial charge in [0.15, 0.2) is 5.96 Å². The summed E-state index contributed by atoms with van der Waals surface area (Å²) >= 11 is 0. The van der Waals surface area contributed by atoms with Gasteiger partial charge >= 0.3 is 0 Å². The third-order valence-corrected chi connectivity index (χ3v) is 4.81. The van der Waals surface area contributed by atoms with E-state index < -0.39 is 0 Å². The minimum absolute atomic E-state index is 0.625. The number of rotatable bonds is 9. The van der Waals surface area contributed by atoms with Gasteiger partial charge in [-0.25, -0.2) is 4.99 Å². The second-order valence-electron chi connectivity index (χ2n) is 6.49. The Morgan fingerprint density at radius 1 is 0.963 bits per heavy atom. The van der Waals surface area contributed by atoms with Gasteiger partial charge in [-0.05, 0) is 26.2 Å². The molecule has 0 aliphatic rings. The fraction of sp³-hybridized carbons (Fsp3) is 0.650. The Bertz CT molecular complexity index is 737. The molecule has 2 N–H and O–H groups in total. The fourth-order valence-corrected chi connectivity index (χ4v) is 3.38. The zero-order valence-electron chi connectivity index (χ0n) is 17.6. The lowest BCUT2D eigenvalue weighted by Gasteiger charge is -2.12. The number of nitrogens with one attached hydrogen (secondary N) is 2. The van der Waals surface area contributed by atoms with E-state index in [2.05, 4.69) is 55.5 Å². The van der Waals surface area contributed by atoms with E-state index in [4.69, 9.17) is 9.52 Å². The zero-order valence-corrected chi connectivity index (χ0v) is 17.6. The molecule has 0 spiro atoms. The Morgan fingerprint density at radius 2 is 1.70 bits per heavy atom. The number of guanidine groups is 1. The maximum Gasteiger partial charge on any atom is 0.191 e. The highest BCUT2D eigenvalue weighted by Gasteiger charge is 2.15. The van der Waals surface area contributed by atoms with Gasteiger partial charge in [0.25, 0.3) is 0 Å². The van der Waals surface area contributed by atoms with Crippen LogP contribution in [0.2, 0.25) is 0 Å². The molecule has 0 bridgehead atoms. The van der Waals surface area contributed by atoms with E-state index in [1.54, 1.807) is 0 Å². The molecular weight excluding hydrogens is 340 g/mol. The molecule has 2 aromatic rings. The van der Waals surface area contributed by atoms with Gasteiger partial charge in [0, 0.05) is 43.4 Å². The largest absolute Gasteiger partial charge is 0.361 e. The van der Waals surface area contributed by atoms with E-state index in [1.807, 2.05) is 11.7 Å². The first kappa shape index (κ1) is 21.0. The zero-order chi connectivity index (χ0) is 19.8. The van der Waals surface area contributed by atoms with Gasteiger partial charge in [-0.1, -0.05) is 32.9 Å². The minimum Gasteiger partial charge on any atom is -0.361 e. The predicted octanol–water partition coefficient (Wildman–Crippen LogP) is 2.91. The van der Waals surface area contributed by atoms with Crippen LogP contribution >= 0.6 is 0 Å². The van der Waals surface area contributed by atoms with Crippen LogP contribution in [0.3, 0.4) is 0 Å². The summed E-state index contributed by atoms with van der Waals surface area (Å²) in [7, 11) is 2.01. The van der Waals surface area contributed by atoms with Crippen LogP contribution in [0, 0.1) is 0 Å². The van der Waals surface area contributed by atoms with Crippen LogP contribution in [0.15, 0.2) is 9.52 Å². The first-order valence-electron chi connectivity index (χ1n) is 10.1. The number of hydrogen-bond donors (Lipinski definition) is 2. The van der Waals surface area contributed by atoms with Gasteiger partial charge in [0.05, 0.1) is 17.9 Å². The van der Waals surface area contributed by atoms with Crippen molar-refractivity contribution in [3.63, 3.8) is 0 Å². The van der Waals surface area contributed by atoms with Gasteiger partial charge in [-0.15, -0.1) is 0 Å². The molecule has 7 nitrogen and oxygen atoms in total. The lowest BCUT2D eigenvalue weighted by atomic mass is 10.1. The Kier molecular flexibility index (Phi) is 7.88. The highest BCUT2D eigenvalue weighted by Crippen LogP contribution is 2.17. The van der Waals surface area contributed by atoms with Gasteiger partial charge in [-0.3, -0.25) is 4.68 Å². The Hall–Kier alpha value is -2.31. The van der Waals surface area contributed by atoms with Crippen molar-refractivity contribution >= 4 is 5.96 Å². The molecule has 0 unspecified atom stereocenters. The third-order valence-electron chi connectivity index (χ3n) is 4.81. The predicted molar refractivity (Wildman–Crippen MR) is 109 cm³/mol. The number of hydrogen-bond acceptors (Lipinski definition) is 4. The van der Waals surface area contributed by atoms with E-state index in [1.165, 1.54) is 11.3 Å². The summed E-state index contributed by atoms with van der Waals surface area (Å²) in [6.45, 7) is 12.7. The summed E-state index contributed by atoms with van der Waals surface area (Å²) in [5, 5.41) is 15.6. The summed E-state index contributed by atoms with van der Waals surface area (Å²) in [5.41, 5.74) is 5.80. The molecule has 0 saturated heterocycles. The molecule has 0 saturated carbocycles. The first-order chi connectivity index (χ1) is 13.1. The van der Waals surface area contributed by atoms with Crippen molar-refractivity contribution < 1.29 is 4.52 Å². The van der Waals surface area contributed by atoms with E-state index >= 15 is 0 Å². The van der Waals surface area contributed by atoms with Crippen molar-refractivity contribution in [2.45, 2.75) is 73.4 Å². The summed E-state index contributed by atoms with van der Waals surface area (Å²) in [4.78, 5) is 4.81. The number of aryl methyl sites for hydroxylation is 4. The number of aromatic nitrogens is 3. The number of nitrogens with zero attached hydrogens (tertiary/aromatic N) is 4. The highest BCUT2D eigenvalue weighted by atomic mass is 16.5. The van der Waals surface area contributed by atoms with Crippen molar-refractivity contribution in [1.82, 2.24) is 25.6 Å². The second-order valence-corrected chi connectivity index (χ2v) is 6.49. The van der Waals surface area contributed by atoms with Crippen LogP contribution in [-0.2, 0) is 45.8 Å². The highest BCUT2D eigenvalue weighted by molar-refractivity contribution is 5.79. The molecule has 0 atom stereocenters. The van der Waals surface area contributed by atoms with Crippen molar-refractivity contribution in [2.24, 2.45) is 12.0 Å². The molecule has 2 rings (SSSR count). The topological polar surface area (TPSA) is 80.3 Å². The van der Waals surface area contributed by atoms with Crippen LogP contribution in [0.5, 0.6) is 0 Å². The average molecular weight is 375 g/mol. The van der Waals surface area contributed by atoms with Gasteiger partial charge < -0.3 is 15.2 Å².